The van der Waals surface area contributed by atoms with E-state index in [0.717, 1.165) is 11.1 Å². The van der Waals surface area contributed by atoms with Crippen LogP contribution in [0.4, 0.5) is 6.01 Å². The first kappa shape index (κ1) is 13.4. The highest BCUT2D eigenvalue weighted by Crippen LogP contribution is 2.28. The molecule has 0 radical (unpaired) electrons. The first-order valence-electron chi connectivity index (χ1n) is 7.05. The predicted molar refractivity (Wildman–Crippen MR) is 85.9 cm³/mol. The Hall–Kier alpha value is -2.55. The van der Waals surface area contributed by atoms with E-state index in [0.29, 0.717) is 11.7 Å². The average molecular weight is 278 g/mol. The van der Waals surface area contributed by atoms with Crippen molar-refractivity contribution in [2.24, 2.45) is 0 Å². The number of oxazole rings is 1. The zero-order chi connectivity index (χ0) is 14.8. The molecule has 1 aromatic heterocycles. The van der Waals surface area contributed by atoms with Gasteiger partial charge < -0.3 is 10.2 Å². The lowest BCUT2D eigenvalue weighted by atomic mass is 9.96. The van der Waals surface area contributed by atoms with Crippen molar-refractivity contribution in [3.05, 3.63) is 60.3 Å². The van der Waals surface area contributed by atoms with E-state index < -0.39 is 0 Å². The van der Waals surface area contributed by atoms with Crippen LogP contribution in [0.1, 0.15) is 25.3 Å². The zero-order valence-electron chi connectivity index (χ0n) is 12.2. The second-order valence-corrected chi connectivity index (χ2v) is 5.42. The summed E-state index contributed by atoms with van der Waals surface area (Å²) >= 11 is 0. The van der Waals surface area contributed by atoms with Crippen LogP contribution in [0.25, 0.3) is 22.5 Å². The van der Waals surface area contributed by atoms with Crippen molar-refractivity contribution in [3.8, 4) is 22.5 Å². The maximum atomic E-state index is 5.54. The van der Waals surface area contributed by atoms with Crippen molar-refractivity contribution in [2.45, 2.75) is 19.8 Å². The van der Waals surface area contributed by atoms with Crippen LogP contribution >= 0.6 is 0 Å². The van der Waals surface area contributed by atoms with Crippen molar-refractivity contribution in [2.75, 3.05) is 5.73 Å². The minimum Gasteiger partial charge on any atom is -0.424 e. The van der Waals surface area contributed by atoms with Gasteiger partial charge in [0.2, 0.25) is 0 Å². The standard InChI is InChI=1S/C18H18N2O/c1-12(2)13-5-3-6-14(9-13)15-7-4-8-16(10-15)17-11-20-18(19)21-17/h3-12H,1-2H3,(H2,19,20). The third-order valence-electron chi connectivity index (χ3n) is 3.56. The molecule has 3 rings (SSSR count). The van der Waals surface area contributed by atoms with Crippen molar-refractivity contribution in [1.82, 2.24) is 4.98 Å². The molecule has 0 unspecified atom stereocenters. The summed E-state index contributed by atoms with van der Waals surface area (Å²) in [5.74, 6) is 1.21. The second kappa shape index (κ2) is 5.44. The molecule has 2 aromatic carbocycles. The van der Waals surface area contributed by atoms with Crippen LogP contribution < -0.4 is 5.73 Å². The monoisotopic (exact) mass is 278 g/mol. The van der Waals surface area contributed by atoms with Gasteiger partial charge in [-0.3, -0.25) is 0 Å². The highest BCUT2D eigenvalue weighted by atomic mass is 16.4. The largest absolute Gasteiger partial charge is 0.424 e. The molecule has 106 valence electrons. The van der Waals surface area contributed by atoms with Crippen molar-refractivity contribution < 1.29 is 4.42 Å². The summed E-state index contributed by atoms with van der Waals surface area (Å²) in [6.45, 7) is 4.40. The van der Waals surface area contributed by atoms with Crippen LogP contribution in [-0.4, -0.2) is 4.98 Å². The molecule has 1 heterocycles. The summed E-state index contributed by atoms with van der Waals surface area (Å²) in [5, 5.41) is 0. The van der Waals surface area contributed by atoms with E-state index in [1.54, 1.807) is 6.20 Å². The van der Waals surface area contributed by atoms with Gasteiger partial charge in [-0.1, -0.05) is 56.3 Å². The predicted octanol–water partition coefficient (Wildman–Crippen LogP) is 4.71. The number of hydrogen-bond acceptors (Lipinski definition) is 3. The number of anilines is 1. The van der Waals surface area contributed by atoms with Gasteiger partial charge in [0.1, 0.15) is 0 Å². The van der Waals surface area contributed by atoms with Gasteiger partial charge >= 0.3 is 0 Å². The topological polar surface area (TPSA) is 52.0 Å². The van der Waals surface area contributed by atoms with E-state index >= 15 is 0 Å². The van der Waals surface area contributed by atoms with Gasteiger partial charge in [-0.25, -0.2) is 4.98 Å². The molecule has 0 saturated heterocycles. The average Bonchev–Trinajstić information content (AvgIpc) is 2.94. The van der Waals surface area contributed by atoms with Crippen LogP contribution in [0.5, 0.6) is 0 Å². The Balaban J connectivity index is 2.02. The van der Waals surface area contributed by atoms with Gasteiger partial charge in [0.15, 0.2) is 5.76 Å². The van der Waals surface area contributed by atoms with E-state index in [4.69, 9.17) is 10.2 Å². The third kappa shape index (κ3) is 2.82. The number of aromatic nitrogens is 1. The van der Waals surface area contributed by atoms with Crippen molar-refractivity contribution >= 4 is 6.01 Å². The molecule has 0 aliphatic heterocycles. The van der Waals surface area contributed by atoms with Crippen molar-refractivity contribution in [3.63, 3.8) is 0 Å². The lowest BCUT2D eigenvalue weighted by Gasteiger charge is -2.09. The number of nitrogen functional groups attached to an aromatic ring is 1. The fourth-order valence-corrected chi connectivity index (χ4v) is 2.35. The fraction of sp³-hybridized carbons (Fsp3) is 0.167. The zero-order valence-corrected chi connectivity index (χ0v) is 12.2. The van der Waals surface area contributed by atoms with Gasteiger partial charge in [-0.05, 0) is 28.7 Å². The highest BCUT2D eigenvalue weighted by Gasteiger charge is 2.07. The quantitative estimate of drug-likeness (QED) is 0.754. The fourth-order valence-electron chi connectivity index (χ4n) is 2.35. The smallest absolute Gasteiger partial charge is 0.292 e. The molecule has 0 bridgehead atoms. The lowest BCUT2D eigenvalue weighted by molar-refractivity contribution is 0.595. The second-order valence-electron chi connectivity index (χ2n) is 5.42. The minimum atomic E-state index is 0.192. The van der Waals surface area contributed by atoms with E-state index in [-0.39, 0.29) is 6.01 Å². The Morgan fingerprint density at radius 1 is 0.952 bits per heavy atom. The molecule has 3 heteroatoms. The molecule has 0 amide bonds. The molecular weight excluding hydrogens is 260 g/mol. The first-order chi connectivity index (χ1) is 10.1. The molecule has 0 saturated carbocycles. The SMILES string of the molecule is CC(C)c1cccc(-c2cccc(-c3cnc(N)o3)c2)c1. The van der Waals surface area contributed by atoms with Gasteiger partial charge in [0.05, 0.1) is 6.20 Å². The van der Waals surface area contributed by atoms with Gasteiger partial charge in [-0.2, -0.15) is 0 Å². The van der Waals surface area contributed by atoms with E-state index in [9.17, 15) is 0 Å². The summed E-state index contributed by atoms with van der Waals surface area (Å²) in [4.78, 5) is 3.94. The van der Waals surface area contributed by atoms with Crippen LogP contribution in [0.2, 0.25) is 0 Å². The Morgan fingerprint density at radius 3 is 2.29 bits per heavy atom. The molecular formula is C18H18N2O. The first-order valence-corrected chi connectivity index (χ1v) is 7.05. The summed E-state index contributed by atoms with van der Waals surface area (Å²) in [6, 6.07) is 17.0. The number of benzene rings is 2. The van der Waals surface area contributed by atoms with E-state index in [2.05, 4.69) is 55.2 Å². The molecule has 0 aliphatic carbocycles. The summed E-state index contributed by atoms with van der Waals surface area (Å²) in [7, 11) is 0. The summed E-state index contributed by atoms with van der Waals surface area (Å²) in [6.07, 6.45) is 1.65. The van der Waals surface area contributed by atoms with Gasteiger partial charge in [-0.15, -0.1) is 0 Å². The minimum absolute atomic E-state index is 0.192. The highest BCUT2D eigenvalue weighted by molar-refractivity contribution is 5.71. The van der Waals surface area contributed by atoms with Crippen LogP contribution in [0, 0.1) is 0 Å². The molecule has 21 heavy (non-hydrogen) atoms. The van der Waals surface area contributed by atoms with Crippen molar-refractivity contribution in [1.29, 1.82) is 0 Å². The van der Waals surface area contributed by atoms with E-state index in [1.165, 1.54) is 11.1 Å². The molecule has 3 nitrogen and oxygen atoms in total. The molecule has 0 atom stereocenters. The molecule has 0 fully saturated rings. The van der Waals surface area contributed by atoms with Crippen LogP contribution in [0.15, 0.2) is 59.1 Å². The maximum Gasteiger partial charge on any atom is 0.292 e. The number of nitrogens with zero attached hydrogens (tertiary/aromatic N) is 1. The maximum absolute atomic E-state index is 5.54. The van der Waals surface area contributed by atoms with Crippen LogP contribution in [0.3, 0.4) is 0 Å². The Kier molecular flexibility index (Phi) is 3.48. The summed E-state index contributed by atoms with van der Waals surface area (Å²) in [5.41, 5.74) is 10.2. The molecule has 2 N–H and O–H groups in total. The molecule has 0 aliphatic rings. The van der Waals surface area contributed by atoms with E-state index in [1.807, 2.05) is 12.1 Å². The Morgan fingerprint density at radius 2 is 1.62 bits per heavy atom. The third-order valence-corrected chi connectivity index (χ3v) is 3.56. The summed E-state index contributed by atoms with van der Waals surface area (Å²) < 4.78 is 5.39. The molecule has 3 aromatic rings. The van der Waals surface area contributed by atoms with Gasteiger partial charge in [0, 0.05) is 5.56 Å². The Bertz CT molecular complexity index is 759. The number of nitrogens with two attached hydrogens (primary N) is 1. The Labute approximate surface area is 124 Å². The van der Waals surface area contributed by atoms with Crippen LogP contribution in [-0.2, 0) is 0 Å². The lowest BCUT2D eigenvalue weighted by Crippen LogP contribution is -1.88. The normalized spacial score (nSPS) is 11.0. The molecule has 0 spiro atoms. The number of rotatable bonds is 3. The number of hydrogen-bond donors (Lipinski definition) is 1. The van der Waals surface area contributed by atoms with Gasteiger partial charge in [0.25, 0.3) is 6.01 Å².